The maximum Gasteiger partial charge on any atom is 0.255 e. The first-order valence-electron chi connectivity index (χ1n) is 5.00. The predicted octanol–water partition coefficient (Wildman–Crippen LogP) is 1.65. The van der Waals surface area contributed by atoms with E-state index in [0.29, 0.717) is 11.0 Å². The topological polar surface area (TPSA) is 66.4 Å². The van der Waals surface area contributed by atoms with Crippen molar-refractivity contribution in [1.82, 2.24) is 5.32 Å². The monoisotopic (exact) mass is 319 g/mol. The van der Waals surface area contributed by atoms with Crippen molar-refractivity contribution in [1.29, 1.82) is 0 Å². The zero-order chi connectivity index (χ0) is 13.0. The standard InChI is InChI=1S/C11H14BrNO3S/c1-7(17(2)16)6-13-11(15)9-4-3-8(12)5-10(9)14/h3-5,7,14H,6H2,1-2H3,(H,13,15). The molecule has 2 atom stereocenters. The molecule has 0 bridgehead atoms. The lowest BCUT2D eigenvalue weighted by molar-refractivity contribution is 0.0951. The number of hydrogen-bond donors (Lipinski definition) is 2. The van der Waals surface area contributed by atoms with E-state index in [1.54, 1.807) is 19.2 Å². The Hall–Kier alpha value is -0.880. The van der Waals surface area contributed by atoms with E-state index in [-0.39, 0.29) is 22.5 Å². The minimum atomic E-state index is -0.977. The van der Waals surface area contributed by atoms with Crippen molar-refractivity contribution in [3.8, 4) is 5.75 Å². The van der Waals surface area contributed by atoms with Crippen molar-refractivity contribution < 1.29 is 14.1 Å². The van der Waals surface area contributed by atoms with Gasteiger partial charge in [-0.2, -0.15) is 0 Å². The molecule has 0 aromatic heterocycles. The van der Waals surface area contributed by atoms with Crippen LogP contribution in [0.3, 0.4) is 0 Å². The Labute approximate surface area is 111 Å². The molecule has 4 nitrogen and oxygen atoms in total. The van der Waals surface area contributed by atoms with E-state index in [2.05, 4.69) is 21.2 Å². The average Bonchev–Trinajstić information content (AvgIpc) is 2.25. The fraction of sp³-hybridized carbons (Fsp3) is 0.364. The van der Waals surface area contributed by atoms with Crippen LogP contribution in [0.5, 0.6) is 5.75 Å². The van der Waals surface area contributed by atoms with Gasteiger partial charge < -0.3 is 10.4 Å². The number of benzene rings is 1. The molecule has 2 N–H and O–H groups in total. The molecule has 17 heavy (non-hydrogen) atoms. The summed E-state index contributed by atoms with van der Waals surface area (Å²) in [5.41, 5.74) is 0.210. The zero-order valence-corrected chi connectivity index (χ0v) is 12.0. The van der Waals surface area contributed by atoms with Crippen LogP contribution in [0.2, 0.25) is 0 Å². The highest BCUT2D eigenvalue weighted by molar-refractivity contribution is 9.10. The second kappa shape index (κ2) is 6.16. The molecule has 0 saturated carbocycles. The van der Waals surface area contributed by atoms with Gasteiger partial charge in [0, 0.05) is 33.3 Å². The lowest BCUT2D eigenvalue weighted by Gasteiger charge is -2.10. The summed E-state index contributed by atoms with van der Waals surface area (Å²) >= 11 is 3.19. The number of phenols is 1. The summed E-state index contributed by atoms with van der Waals surface area (Å²) < 4.78 is 11.8. The van der Waals surface area contributed by atoms with Crippen LogP contribution in [-0.2, 0) is 10.8 Å². The van der Waals surface area contributed by atoms with Gasteiger partial charge in [-0.3, -0.25) is 9.00 Å². The van der Waals surface area contributed by atoms with Crippen LogP contribution >= 0.6 is 15.9 Å². The second-order valence-electron chi connectivity index (χ2n) is 3.68. The molecule has 0 aliphatic rings. The summed E-state index contributed by atoms with van der Waals surface area (Å²) in [6.45, 7) is 2.11. The minimum Gasteiger partial charge on any atom is -0.507 e. The minimum absolute atomic E-state index is 0.0813. The normalized spacial score (nSPS) is 14.1. The molecule has 6 heteroatoms. The number of aromatic hydroxyl groups is 1. The average molecular weight is 320 g/mol. The summed E-state index contributed by atoms with van der Waals surface area (Å²) in [7, 11) is -0.977. The van der Waals surface area contributed by atoms with Crippen molar-refractivity contribution in [3.63, 3.8) is 0 Å². The van der Waals surface area contributed by atoms with Gasteiger partial charge in [-0.25, -0.2) is 0 Å². The van der Waals surface area contributed by atoms with Crippen LogP contribution in [0, 0.1) is 0 Å². The van der Waals surface area contributed by atoms with Crippen molar-refractivity contribution in [3.05, 3.63) is 28.2 Å². The molecule has 0 saturated heterocycles. The van der Waals surface area contributed by atoms with E-state index in [1.165, 1.54) is 12.1 Å². The zero-order valence-electron chi connectivity index (χ0n) is 9.57. The van der Waals surface area contributed by atoms with Gasteiger partial charge in [0.25, 0.3) is 5.91 Å². The Morgan fingerprint density at radius 1 is 1.59 bits per heavy atom. The molecule has 94 valence electrons. The third kappa shape index (κ3) is 4.12. The van der Waals surface area contributed by atoms with Gasteiger partial charge in [-0.15, -0.1) is 0 Å². The highest BCUT2D eigenvalue weighted by Gasteiger charge is 2.13. The summed E-state index contributed by atoms with van der Waals surface area (Å²) in [6.07, 6.45) is 1.59. The van der Waals surface area contributed by atoms with E-state index in [4.69, 9.17) is 0 Å². The van der Waals surface area contributed by atoms with Gasteiger partial charge in [-0.1, -0.05) is 15.9 Å². The molecular formula is C11H14BrNO3S. The van der Waals surface area contributed by atoms with E-state index < -0.39 is 10.8 Å². The Bertz CT molecular complexity index is 450. The van der Waals surface area contributed by atoms with Crippen LogP contribution in [0.25, 0.3) is 0 Å². The van der Waals surface area contributed by atoms with Crippen molar-refractivity contribution >= 4 is 32.6 Å². The first-order valence-corrected chi connectivity index (χ1v) is 7.42. The quantitative estimate of drug-likeness (QED) is 0.886. The third-order valence-electron chi connectivity index (χ3n) is 2.32. The molecule has 0 aliphatic heterocycles. The summed E-state index contributed by atoms with van der Waals surface area (Å²) in [5, 5.41) is 12.1. The second-order valence-corrected chi connectivity index (χ2v) is 6.40. The first-order chi connectivity index (χ1) is 7.91. The molecule has 1 aromatic carbocycles. The Kier molecular flexibility index (Phi) is 5.14. The molecule has 1 aromatic rings. The Morgan fingerprint density at radius 2 is 2.24 bits per heavy atom. The van der Waals surface area contributed by atoms with Gasteiger partial charge in [-0.05, 0) is 25.1 Å². The predicted molar refractivity (Wildman–Crippen MR) is 71.7 cm³/mol. The smallest absolute Gasteiger partial charge is 0.255 e. The van der Waals surface area contributed by atoms with Crippen LogP contribution in [0.15, 0.2) is 22.7 Å². The Morgan fingerprint density at radius 3 is 2.76 bits per heavy atom. The molecule has 0 radical (unpaired) electrons. The largest absolute Gasteiger partial charge is 0.507 e. The highest BCUT2D eigenvalue weighted by atomic mass is 79.9. The molecule has 0 aliphatic carbocycles. The number of halogens is 1. The molecule has 0 heterocycles. The van der Waals surface area contributed by atoms with Gasteiger partial charge in [0.05, 0.1) is 5.56 Å². The van der Waals surface area contributed by atoms with E-state index in [9.17, 15) is 14.1 Å². The van der Waals surface area contributed by atoms with Gasteiger partial charge in [0.1, 0.15) is 5.75 Å². The maximum atomic E-state index is 11.7. The molecule has 0 fully saturated rings. The van der Waals surface area contributed by atoms with Crippen LogP contribution in [0.4, 0.5) is 0 Å². The lowest BCUT2D eigenvalue weighted by atomic mass is 10.2. The highest BCUT2D eigenvalue weighted by Crippen LogP contribution is 2.21. The summed E-state index contributed by atoms with van der Waals surface area (Å²) in [6, 6.07) is 4.66. The number of phenolic OH excluding ortho intramolecular Hbond substituents is 1. The number of carbonyl (C=O) groups is 1. The molecule has 1 amide bonds. The maximum absolute atomic E-state index is 11.7. The van der Waals surface area contributed by atoms with Crippen molar-refractivity contribution in [2.24, 2.45) is 0 Å². The Balaban J connectivity index is 2.67. The van der Waals surface area contributed by atoms with Crippen LogP contribution in [-0.4, -0.2) is 33.3 Å². The summed E-state index contributed by atoms with van der Waals surface area (Å²) in [5.74, 6) is -0.450. The lowest BCUT2D eigenvalue weighted by Crippen LogP contribution is -2.32. The number of carbonyl (C=O) groups excluding carboxylic acids is 1. The van der Waals surface area contributed by atoms with E-state index in [1.807, 2.05) is 0 Å². The van der Waals surface area contributed by atoms with Crippen LogP contribution in [0.1, 0.15) is 17.3 Å². The fourth-order valence-electron chi connectivity index (χ4n) is 1.15. The van der Waals surface area contributed by atoms with Crippen molar-refractivity contribution in [2.45, 2.75) is 12.2 Å². The number of nitrogens with one attached hydrogen (secondary N) is 1. The van der Waals surface area contributed by atoms with E-state index in [0.717, 1.165) is 0 Å². The van der Waals surface area contributed by atoms with Gasteiger partial charge in [0.15, 0.2) is 0 Å². The molecule has 0 spiro atoms. The SMILES string of the molecule is CC(CNC(=O)c1ccc(Br)cc1O)S(C)=O. The van der Waals surface area contributed by atoms with Gasteiger partial charge >= 0.3 is 0 Å². The van der Waals surface area contributed by atoms with Crippen LogP contribution < -0.4 is 5.32 Å². The third-order valence-corrected chi connectivity index (χ3v) is 4.11. The summed E-state index contributed by atoms with van der Waals surface area (Å²) in [4.78, 5) is 11.7. The first kappa shape index (κ1) is 14.2. The molecular weight excluding hydrogens is 306 g/mol. The molecule has 2 unspecified atom stereocenters. The number of hydrogen-bond acceptors (Lipinski definition) is 3. The number of rotatable bonds is 4. The van der Waals surface area contributed by atoms with Gasteiger partial charge in [0.2, 0.25) is 0 Å². The number of amides is 1. The van der Waals surface area contributed by atoms with E-state index >= 15 is 0 Å². The molecule has 1 rings (SSSR count). The van der Waals surface area contributed by atoms with Crippen molar-refractivity contribution in [2.75, 3.05) is 12.8 Å². The fourth-order valence-corrected chi connectivity index (χ4v) is 1.81.